The number of nitrogens with zero attached hydrogens (tertiary/aromatic N) is 1. The van der Waals surface area contributed by atoms with Crippen molar-refractivity contribution in [3.63, 3.8) is 0 Å². The van der Waals surface area contributed by atoms with Crippen molar-refractivity contribution in [2.75, 3.05) is 0 Å². The molecule has 0 N–H and O–H groups in total. The Hall–Kier alpha value is -1.46. The summed E-state index contributed by atoms with van der Waals surface area (Å²) in [6.07, 6.45) is 0. The molecule has 3 nitrogen and oxygen atoms in total. The summed E-state index contributed by atoms with van der Waals surface area (Å²) in [7, 11) is 0. The van der Waals surface area contributed by atoms with Crippen molar-refractivity contribution in [2.45, 2.75) is 6.92 Å². The second-order valence-corrected chi connectivity index (χ2v) is 4.91. The standard InChI is InChI=1S/C11H9NO2S2/c1-8(9-4-2-6-15-9)12-14-11(13)10-5-3-7-16-10/h2-7H,1H3/b12-8+. The molecule has 16 heavy (non-hydrogen) atoms. The van der Waals surface area contributed by atoms with E-state index in [-0.39, 0.29) is 0 Å². The average molecular weight is 251 g/mol. The van der Waals surface area contributed by atoms with Gasteiger partial charge in [-0.15, -0.1) is 22.7 Å². The van der Waals surface area contributed by atoms with E-state index in [0.29, 0.717) is 10.6 Å². The summed E-state index contributed by atoms with van der Waals surface area (Å²) in [5, 5.41) is 7.59. The Labute approximate surface area is 101 Å². The molecule has 0 aliphatic heterocycles. The minimum absolute atomic E-state index is 0.411. The first-order chi connectivity index (χ1) is 7.77. The fourth-order valence-corrected chi connectivity index (χ4v) is 2.34. The lowest BCUT2D eigenvalue weighted by atomic mass is 10.3. The van der Waals surface area contributed by atoms with Crippen LogP contribution in [0.15, 0.2) is 40.2 Å². The van der Waals surface area contributed by atoms with Gasteiger partial charge in [0, 0.05) is 0 Å². The van der Waals surface area contributed by atoms with Gasteiger partial charge in [-0.3, -0.25) is 0 Å². The fourth-order valence-electron chi connectivity index (χ4n) is 1.08. The number of carbonyl (C=O) groups is 1. The van der Waals surface area contributed by atoms with Gasteiger partial charge in [-0.05, 0) is 29.8 Å². The van der Waals surface area contributed by atoms with Crippen molar-refractivity contribution in [1.82, 2.24) is 0 Å². The molecule has 0 fully saturated rings. The van der Waals surface area contributed by atoms with Gasteiger partial charge in [0.1, 0.15) is 4.88 Å². The number of hydrogen-bond donors (Lipinski definition) is 0. The van der Waals surface area contributed by atoms with Crippen LogP contribution in [-0.2, 0) is 4.84 Å². The van der Waals surface area contributed by atoms with Gasteiger partial charge in [-0.25, -0.2) is 4.79 Å². The van der Waals surface area contributed by atoms with Crippen LogP contribution in [0.3, 0.4) is 0 Å². The first kappa shape index (κ1) is 11.0. The van der Waals surface area contributed by atoms with Crippen molar-refractivity contribution in [3.05, 3.63) is 44.8 Å². The van der Waals surface area contributed by atoms with Crippen LogP contribution in [0.4, 0.5) is 0 Å². The second kappa shape index (κ2) is 5.05. The Bertz CT molecular complexity index is 486. The molecule has 0 spiro atoms. The minimum atomic E-state index is -0.411. The zero-order valence-electron chi connectivity index (χ0n) is 8.54. The van der Waals surface area contributed by atoms with Gasteiger partial charge in [0.05, 0.1) is 10.6 Å². The molecule has 2 rings (SSSR count). The molecule has 0 radical (unpaired) electrons. The van der Waals surface area contributed by atoms with Crippen LogP contribution in [-0.4, -0.2) is 11.7 Å². The Morgan fingerprint density at radius 3 is 2.38 bits per heavy atom. The summed E-state index contributed by atoms with van der Waals surface area (Å²) in [5.41, 5.74) is 0.708. The van der Waals surface area contributed by atoms with Crippen LogP contribution in [0.25, 0.3) is 0 Å². The van der Waals surface area contributed by atoms with Crippen LogP contribution < -0.4 is 0 Å². The maximum atomic E-state index is 11.5. The molecular formula is C11H9NO2S2. The average Bonchev–Trinajstić information content (AvgIpc) is 2.95. The van der Waals surface area contributed by atoms with Crippen LogP contribution in [0.5, 0.6) is 0 Å². The van der Waals surface area contributed by atoms with E-state index in [1.807, 2.05) is 29.8 Å². The maximum Gasteiger partial charge on any atom is 0.375 e. The van der Waals surface area contributed by atoms with E-state index in [1.54, 1.807) is 23.5 Å². The Morgan fingerprint density at radius 1 is 1.19 bits per heavy atom. The van der Waals surface area contributed by atoms with E-state index in [2.05, 4.69) is 5.16 Å². The van der Waals surface area contributed by atoms with E-state index in [4.69, 9.17) is 4.84 Å². The highest BCUT2D eigenvalue weighted by atomic mass is 32.1. The molecule has 0 amide bonds. The Morgan fingerprint density at radius 2 is 1.81 bits per heavy atom. The molecule has 0 bridgehead atoms. The zero-order valence-corrected chi connectivity index (χ0v) is 10.2. The molecule has 0 aliphatic rings. The van der Waals surface area contributed by atoms with Crippen LogP contribution >= 0.6 is 22.7 Å². The van der Waals surface area contributed by atoms with E-state index in [1.165, 1.54) is 11.3 Å². The molecule has 2 heterocycles. The summed E-state index contributed by atoms with van der Waals surface area (Å²) in [5.74, 6) is -0.411. The quantitative estimate of drug-likeness (QED) is 0.476. The lowest BCUT2D eigenvalue weighted by molar-refractivity contribution is 0.0522. The highest BCUT2D eigenvalue weighted by Crippen LogP contribution is 2.12. The summed E-state index contributed by atoms with van der Waals surface area (Å²) >= 11 is 2.90. The molecule has 0 aromatic carbocycles. The summed E-state index contributed by atoms with van der Waals surface area (Å²) in [6, 6.07) is 7.38. The van der Waals surface area contributed by atoms with Gasteiger partial charge in [0.25, 0.3) is 0 Å². The van der Waals surface area contributed by atoms with E-state index in [9.17, 15) is 4.79 Å². The van der Waals surface area contributed by atoms with E-state index >= 15 is 0 Å². The molecule has 0 aliphatic carbocycles. The van der Waals surface area contributed by atoms with Gasteiger partial charge in [0.2, 0.25) is 0 Å². The molecule has 0 unspecified atom stereocenters. The maximum absolute atomic E-state index is 11.5. The lowest BCUT2D eigenvalue weighted by Crippen LogP contribution is -2.00. The SMILES string of the molecule is C/C(=N\OC(=O)c1cccs1)c1cccs1. The number of oxime groups is 1. The second-order valence-electron chi connectivity index (χ2n) is 3.01. The predicted octanol–water partition coefficient (Wildman–Crippen LogP) is 3.39. The van der Waals surface area contributed by atoms with Crippen molar-refractivity contribution in [3.8, 4) is 0 Å². The number of carbonyl (C=O) groups excluding carboxylic acids is 1. The summed E-state index contributed by atoms with van der Waals surface area (Å²) in [4.78, 5) is 17.9. The Kier molecular flexibility index (Phi) is 3.48. The topological polar surface area (TPSA) is 38.7 Å². The van der Waals surface area contributed by atoms with Crippen molar-refractivity contribution in [2.24, 2.45) is 5.16 Å². The predicted molar refractivity (Wildman–Crippen MR) is 66.3 cm³/mol. The van der Waals surface area contributed by atoms with Gasteiger partial charge >= 0.3 is 5.97 Å². The lowest BCUT2D eigenvalue weighted by Gasteiger charge is -1.96. The highest BCUT2D eigenvalue weighted by molar-refractivity contribution is 7.12. The zero-order chi connectivity index (χ0) is 11.4. The third-order valence-electron chi connectivity index (χ3n) is 1.87. The summed E-state index contributed by atoms with van der Waals surface area (Å²) < 4.78 is 0. The molecule has 5 heteroatoms. The minimum Gasteiger partial charge on any atom is -0.312 e. The van der Waals surface area contributed by atoms with Crippen LogP contribution in [0.1, 0.15) is 21.5 Å². The highest BCUT2D eigenvalue weighted by Gasteiger charge is 2.08. The van der Waals surface area contributed by atoms with Crippen molar-refractivity contribution in [1.29, 1.82) is 0 Å². The molecule has 2 aromatic heterocycles. The van der Waals surface area contributed by atoms with Crippen molar-refractivity contribution < 1.29 is 9.63 Å². The fraction of sp³-hybridized carbons (Fsp3) is 0.0909. The normalized spacial score (nSPS) is 11.4. The van der Waals surface area contributed by atoms with E-state index in [0.717, 1.165) is 4.88 Å². The van der Waals surface area contributed by atoms with Gasteiger partial charge in [-0.1, -0.05) is 17.3 Å². The number of thiophene rings is 2. The molecular weight excluding hydrogens is 242 g/mol. The molecule has 2 aromatic rings. The third-order valence-corrected chi connectivity index (χ3v) is 3.69. The molecule has 0 saturated heterocycles. The first-order valence-electron chi connectivity index (χ1n) is 4.60. The third kappa shape index (κ3) is 2.56. The summed E-state index contributed by atoms with van der Waals surface area (Å²) in [6.45, 7) is 1.81. The molecule has 82 valence electrons. The van der Waals surface area contributed by atoms with Gasteiger partial charge in [0.15, 0.2) is 0 Å². The van der Waals surface area contributed by atoms with Gasteiger partial charge in [-0.2, -0.15) is 0 Å². The number of hydrogen-bond acceptors (Lipinski definition) is 5. The first-order valence-corrected chi connectivity index (χ1v) is 6.36. The van der Waals surface area contributed by atoms with Crippen LogP contribution in [0, 0.1) is 0 Å². The number of rotatable bonds is 3. The van der Waals surface area contributed by atoms with Crippen molar-refractivity contribution >= 4 is 34.4 Å². The molecule has 0 saturated carbocycles. The molecule has 0 atom stereocenters. The van der Waals surface area contributed by atoms with Gasteiger partial charge < -0.3 is 4.84 Å². The smallest absolute Gasteiger partial charge is 0.312 e. The van der Waals surface area contributed by atoms with Crippen LogP contribution in [0.2, 0.25) is 0 Å². The Balaban J connectivity index is 2.02. The van der Waals surface area contributed by atoms with E-state index < -0.39 is 5.97 Å². The largest absolute Gasteiger partial charge is 0.375 e. The monoisotopic (exact) mass is 251 g/mol.